The number of carbonyl (C=O) groups excluding carboxylic acids is 1. The molecule has 0 spiro atoms. The van der Waals surface area contributed by atoms with Crippen LogP contribution in [0.4, 0.5) is 0 Å². The molecule has 1 nitrogen and oxygen atoms in total. The van der Waals surface area contributed by atoms with E-state index in [0.717, 1.165) is 0 Å². The zero-order valence-electron chi connectivity index (χ0n) is 5.60. The number of carbonyl (C=O) groups is 1. The largest absolute Gasteiger partial charge is 0.299 e. The molecule has 50 valence electrons. The van der Waals surface area contributed by atoms with Crippen molar-refractivity contribution in [3.8, 4) is 0 Å². The number of Topliss-reactive ketones (excluding diaryl/α,β-unsaturated/α-hetero) is 1. The molecule has 2 aliphatic rings. The van der Waals surface area contributed by atoms with Gasteiger partial charge in [0, 0.05) is 21.4 Å². The fourth-order valence-electron chi connectivity index (χ4n) is 2.20. The first-order chi connectivity index (χ1) is 4.38. The third kappa shape index (κ3) is 0.766. The van der Waals surface area contributed by atoms with Crippen LogP contribution in [0.2, 0.25) is 12.1 Å². The lowest BCUT2D eigenvalue weighted by Crippen LogP contribution is -2.22. The summed E-state index contributed by atoms with van der Waals surface area (Å²) in [4.78, 5) is 11.2. The Bertz CT molecular complexity index is 126. The second-order valence-corrected chi connectivity index (χ2v) is 5.17. The molecule has 0 aromatic carbocycles. The van der Waals surface area contributed by atoms with E-state index in [0.29, 0.717) is 17.6 Å². The van der Waals surface area contributed by atoms with E-state index in [1.165, 1.54) is 24.9 Å². The van der Waals surface area contributed by atoms with Gasteiger partial charge in [0.15, 0.2) is 0 Å². The van der Waals surface area contributed by atoms with Crippen LogP contribution in [0, 0.1) is 11.8 Å². The minimum absolute atomic E-state index is 0.223. The molecule has 1 saturated heterocycles. The van der Waals surface area contributed by atoms with Crippen molar-refractivity contribution in [1.29, 1.82) is 0 Å². The summed E-state index contributed by atoms with van der Waals surface area (Å²) in [6.07, 6.45) is 2.47. The van der Waals surface area contributed by atoms with Gasteiger partial charge in [0.2, 0.25) is 0 Å². The zero-order chi connectivity index (χ0) is 6.27. The summed E-state index contributed by atoms with van der Waals surface area (Å²) in [5, 5.41) is 0. The van der Waals surface area contributed by atoms with Crippen LogP contribution >= 0.6 is 0 Å². The van der Waals surface area contributed by atoms with E-state index in [2.05, 4.69) is 0 Å². The van der Waals surface area contributed by atoms with Gasteiger partial charge < -0.3 is 0 Å². The van der Waals surface area contributed by atoms with Gasteiger partial charge in [0.05, 0.1) is 0 Å². The maximum absolute atomic E-state index is 11.2. The second-order valence-electron chi connectivity index (χ2n) is 3.30. The number of rotatable bonds is 0. The van der Waals surface area contributed by atoms with E-state index in [1.807, 2.05) is 0 Å². The fraction of sp³-hybridized carbons (Fsp3) is 0.857. The van der Waals surface area contributed by atoms with Crippen molar-refractivity contribution in [1.82, 2.24) is 0 Å². The van der Waals surface area contributed by atoms with Gasteiger partial charge in [-0.15, -0.1) is 0 Å². The van der Waals surface area contributed by atoms with E-state index >= 15 is 0 Å². The Morgan fingerprint density at radius 2 is 1.78 bits per heavy atom. The molecule has 2 bridgehead atoms. The van der Waals surface area contributed by atoms with Crippen LogP contribution < -0.4 is 0 Å². The summed E-state index contributed by atoms with van der Waals surface area (Å²) < 4.78 is 0. The molecule has 0 amide bonds. The van der Waals surface area contributed by atoms with Gasteiger partial charge in [0.1, 0.15) is 5.78 Å². The summed E-state index contributed by atoms with van der Waals surface area (Å²) in [6.45, 7) is 0. The van der Waals surface area contributed by atoms with Crippen LogP contribution in [-0.4, -0.2) is 15.3 Å². The predicted octanol–water partition coefficient (Wildman–Crippen LogP) is 0.601. The normalized spacial score (nSPS) is 44.2. The molecule has 2 unspecified atom stereocenters. The highest BCUT2D eigenvalue weighted by atomic mass is 28.2. The molecule has 0 aromatic heterocycles. The van der Waals surface area contributed by atoms with E-state index in [9.17, 15) is 4.79 Å². The van der Waals surface area contributed by atoms with Gasteiger partial charge in [0.25, 0.3) is 0 Å². The maximum Gasteiger partial charge on any atom is 0.138 e. The Morgan fingerprint density at radius 3 is 2.22 bits per heavy atom. The highest BCUT2D eigenvalue weighted by Crippen LogP contribution is 2.36. The first-order valence-electron chi connectivity index (χ1n) is 3.91. The monoisotopic (exact) mass is 140 g/mol. The maximum atomic E-state index is 11.2. The fourth-order valence-corrected chi connectivity index (χ4v) is 4.57. The van der Waals surface area contributed by atoms with Crippen molar-refractivity contribution >= 4 is 15.3 Å². The van der Waals surface area contributed by atoms with Crippen molar-refractivity contribution in [2.75, 3.05) is 0 Å². The Hall–Kier alpha value is -0.113. The Morgan fingerprint density at radius 1 is 1.22 bits per heavy atom. The molecular weight excluding hydrogens is 128 g/mol. The highest BCUT2D eigenvalue weighted by molar-refractivity contribution is 6.38. The predicted molar refractivity (Wildman–Crippen MR) is 39.4 cm³/mol. The standard InChI is InChI=1S/C7H12OSi/c8-7-5-1-2-6(7)4-9-3-5/h5-6H,1-4,9H2. The molecule has 0 radical (unpaired) electrons. The molecule has 9 heavy (non-hydrogen) atoms. The summed E-state index contributed by atoms with van der Waals surface area (Å²) in [5.74, 6) is 1.72. The minimum Gasteiger partial charge on any atom is -0.299 e. The Kier molecular flexibility index (Phi) is 1.22. The molecule has 2 atom stereocenters. The van der Waals surface area contributed by atoms with Crippen molar-refractivity contribution in [3.05, 3.63) is 0 Å². The van der Waals surface area contributed by atoms with Crippen LogP contribution in [0.25, 0.3) is 0 Å². The topological polar surface area (TPSA) is 17.1 Å². The summed E-state index contributed by atoms with van der Waals surface area (Å²) in [7, 11) is 0.223. The van der Waals surface area contributed by atoms with Gasteiger partial charge in [-0.2, -0.15) is 0 Å². The Balaban J connectivity index is 2.19. The Labute approximate surface area is 57.7 Å². The van der Waals surface area contributed by atoms with Gasteiger partial charge in [-0.25, -0.2) is 0 Å². The van der Waals surface area contributed by atoms with E-state index in [-0.39, 0.29) is 9.52 Å². The molecule has 1 saturated carbocycles. The van der Waals surface area contributed by atoms with Crippen LogP contribution in [-0.2, 0) is 4.79 Å². The summed E-state index contributed by atoms with van der Waals surface area (Å²) in [5.41, 5.74) is 0. The molecule has 2 fully saturated rings. The number of ketones is 1. The molecule has 1 aliphatic heterocycles. The molecule has 1 aliphatic carbocycles. The quantitative estimate of drug-likeness (QED) is 0.450. The smallest absolute Gasteiger partial charge is 0.138 e. The van der Waals surface area contributed by atoms with Crippen molar-refractivity contribution in [2.45, 2.75) is 24.9 Å². The SMILES string of the molecule is O=C1C2CCC1C[SiH2]C2. The lowest BCUT2D eigenvalue weighted by Gasteiger charge is -2.15. The average molecular weight is 140 g/mol. The van der Waals surface area contributed by atoms with Gasteiger partial charge in [-0.1, -0.05) is 12.1 Å². The molecule has 2 heteroatoms. The van der Waals surface area contributed by atoms with Gasteiger partial charge in [-0.05, 0) is 12.8 Å². The van der Waals surface area contributed by atoms with E-state index in [4.69, 9.17) is 0 Å². The molecular formula is C7H12OSi. The minimum atomic E-state index is 0.223. The summed E-state index contributed by atoms with van der Waals surface area (Å²) >= 11 is 0. The molecule has 2 rings (SSSR count). The molecule has 0 aromatic rings. The van der Waals surface area contributed by atoms with Gasteiger partial charge >= 0.3 is 0 Å². The van der Waals surface area contributed by atoms with E-state index < -0.39 is 0 Å². The van der Waals surface area contributed by atoms with Crippen LogP contribution in [0.1, 0.15) is 12.8 Å². The molecule has 0 N–H and O–H groups in total. The first kappa shape index (κ1) is 5.66. The third-order valence-electron chi connectivity index (χ3n) is 2.77. The lowest BCUT2D eigenvalue weighted by atomic mass is 10.1. The van der Waals surface area contributed by atoms with Gasteiger partial charge in [-0.3, -0.25) is 4.79 Å². The van der Waals surface area contributed by atoms with Crippen molar-refractivity contribution in [3.63, 3.8) is 0 Å². The van der Waals surface area contributed by atoms with Crippen molar-refractivity contribution in [2.24, 2.45) is 11.8 Å². The van der Waals surface area contributed by atoms with Crippen LogP contribution in [0.15, 0.2) is 0 Å². The zero-order valence-corrected chi connectivity index (χ0v) is 7.01. The third-order valence-corrected chi connectivity index (χ3v) is 4.98. The number of fused-ring (bicyclic) bond motifs is 2. The average Bonchev–Trinajstić information content (AvgIpc) is 2.19. The van der Waals surface area contributed by atoms with Crippen LogP contribution in [0.3, 0.4) is 0 Å². The number of hydrogen-bond donors (Lipinski definition) is 0. The van der Waals surface area contributed by atoms with Crippen molar-refractivity contribution < 1.29 is 4.79 Å². The lowest BCUT2D eigenvalue weighted by molar-refractivity contribution is -0.123. The highest BCUT2D eigenvalue weighted by Gasteiger charge is 2.36. The molecule has 1 heterocycles. The second kappa shape index (κ2) is 1.94. The first-order valence-corrected chi connectivity index (χ1v) is 5.91. The van der Waals surface area contributed by atoms with E-state index in [1.54, 1.807) is 0 Å². The summed E-state index contributed by atoms with van der Waals surface area (Å²) in [6, 6.07) is 2.66. The number of hydrogen-bond acceptors (Lipinski definition) is 1. The van der Waals surface area contributed by atoms with Crippen LogP contribution in [0.5, 0.6) is 0 Å².